The molecular formula is C22H23FN4O2S. The normalized spacial score (nSPS) is 13.9. The first-order valence-corrected chi connectivity index (χ1v) is 10.6. The second-order valence-corrected chi connectivity index (χ2v) is 7.77. The Bertz CT molecular complexity index is 1020. The molecule has 1 saturated heterocycles. The largest absolute Gasteiger partial charge is 0.496 e. The molecule has 1 aromatic heterocycles. The lowest BCUT2D eigenvalue weighted by Gasteiger charge is -2.36. The van der Waals surface area contributed by atoms with Gasteiger partial charge in [0, 0.05) is 43.7 Å². The van der Waals surface area contributed by atoms with E-state index in [2.05, 4.69) is 15.2 Å². The number of para-hydroxylation sites is 2. The molecule has 156 valence electrons. The molecule has 6 nitrogen and oxygen atoms in total. The first-order valence-electron chi connectivity index (χ1n) is 9.76. The summed E-state index contributed by atoms with van der Waals surface area (Å²) in [6.07, 6.45) is 0. The second-order valence-electron chi connectivity index (χ2n) is 6.94. The number of amides is 1. The number of anilines is 2. The van der Waals surface area contributed by atoms with E-state index in [-0.39, 0.29) is 11.7 Å². The van der Waals surface area contributed by atoms with E-state index in [9.17, 15) is 9.18 Å². The van der Waals surface area contributed by atoms with Crippen LogP contribution in [-0.2, 0) is 6.54 Å². The highest BCUT2D eigenvalue weighted by Crippen LogP contribution is 2.25. The minimum atomic E-state index is -0.214. The summed E-state index contributed by atoms with van der Waals surface area (Å²) >= 11 is 1.45. The molecule has 2 heterocycles. The van der Waals surface area contributed by atoms with Gasteiger partial charge in [-0.2, -0.15) is 0 Å². The van der Waals surface area contributed by atoms with Gasteiger partial charge in [0.1, 0.15) is 17.3 Å². The van der Waals surface area contributed by atoms with Crippen LogP contribution in [0, 0.1) is 5.82 Å². The highest BCUT2D eigenvalue weighted by molar-refractivity contribution is 7.13. The number of piperazine rings is 1. The number of benzene rings is 2. The average Bonchev–Trinajstić information content (AvgIpc) is 3.28. The quantitative estimate of drug-likeness (QED) is 0.653. The van der Waals surface area contributed by atoms with Gasteiger partial charge in [0.05, 0.1) is 12.8 Å². The van der Waals surface area contributed by atoms with E-state index in [0.29, 0.717) is 31.0 Å². The van der Waals surface area contributed by atoms with Gasteiger partial charge in [0.25, 0.3) is 5.91 Å². The minimum Gasteiger partial charge on any atom is -0.496 e. The maximum Gasteiger partial charge on any atom is 0.271 e. The molecule has 0 radical (unpaired) electrons. The first-order chi connectivity index (χ1) is 14.7. The number of methoxy groups -OCH3 is 1. The number of nitrogens with zero attached hydrogens (tertiary/aromatic N) is 3. The van der Waals surface area contributed by atoms with E-state index < -0.39 is 0 Å². The van der Waals surface area contributed by atoms with Crippen molar-refractivity contribution in [2.24, 2.45) is 0 Å². The van der Waals surface area contributed by atoms with Crippen molar-refractivity contribution in [2.75, 3.05) is 43.1 Å². The lowest BCUT2D eigenvalue weighted by atomic mass is 10.2. The Labute approximate surface area is 178 Å². The summed E-state index contributed by atoms with van der Waals surface area (Å²) in [6.45, 7) is 3.23. The summed E-state index contributed by atoms with van der Waals surface area (Å²) < 4.78 is 19.3. The fourth-order valence-electron chi connectivity index (χ4n) is 3.48. The smallest absolute Gasteiger partial charge is 0.271 e. The minimum absolute atomic E-state index is 0.200. The SMILES string of the molecule is COc1ccccc1CNC(=O)c1csc(N2CCN(c3ccccc3F)CC2)n1. The van der Waals surface area contributed by atoms with E-state index in [4.69, 9.17) is 4.74 Å². The van der Waals surface area contributed by atoms with Crippen molar-refractivity contribution in [3.05, 3.63) is 71.0 Å². The molecular weight excluding hydrogens is 403 g/mol. The van der Waals surface area contributed by atoms with Crippen LogP contribution >= 0.6 is 11.3 Å². The van der Waals surface area contributed by atoms with Crippen molar-refractivity contribution in [3.8, 4) is 5.75 Å². The van der Waals surface area contributed by atoms with Crippen molar-refractivity contribution in [3.63, 3.8) is 0 Å². The molecule has 30 heavy (non-hydrogen) atoms. The van der Waals surface area contributed by atoms with Gasteiger partial charge >= 0.3 is 0 Å². The lowest BCUT2D eigenvalue weighted by molar-refractivity contribution is 0.0946. The number of halogens is 1. The summed E-state index contributed by atoms with van der Waals surface area (Å²) in [7, 11) is 1.61. The molecule has 1 fully saturated rings. The molecule has 0 saturated carbocycles. The topological polar surface area (TPSA) is 57.7 Å². The standard InChI is InChI=1S/C22H23FN4O2S/c1-29-20-9-5-2-6-16(20)14-24-21(28)18-15-30-22(25-18)27-12-10-26(11-13-27)19-8-4-3-7-17(19)23/h2-9,15H,10-14H2,1H3,(H,24,28). The number of carbonyl (C=O) groups is 1. The van der Waals surface area contributed by atoms with Gasteiger partial charge in [-0.05, 0) is 18.2 Å². The third-order valence-electron chi connectivity index (χ3n) is 5.10. The number of aromatic nitrogens is 1. The highest BCUT2D eigenvalue weighted by Gasteiger charge is 2.22. The Hall–Kier alpha value is -3.13. The molecule has 1 N–H and O–H groups in total. The summed E-state index contributed by atoms with van der Waals surface area (Å²) in [5, 5.41) is 5.48. The summed E-state index contributed by atoms with van der Waals surface area (Å²) in [5.41, 5.74) is 1.95. The molecule has 0 bridgehead atoms. The Morgan fingerprint density at radius 2 is 1.80 bits per heavy atom. The molecule has 1 amide bonds. The number of thiazole rings is 1. The van der Waals surface area contributed by atoms with Crippen LogP contribution in [-0.4, -0.2) is 44.2 Å². The fourth-order valence-corrected chi connectivity index (χ4v) is 4.34. The number of hydrogen-bond acceptors (Lipinski definition) is 6. The zero-order valence-corrected chi connectivity index (χ0v) is 17.5. The lowest BCUT2D eigenvalue weighted by Crippen LogP contribution is -2.46. The molecule has 4 rings (SSSR count). The van der Waals surface area contributed by atoms with Gasteiger partial charge < -0.3 is 19.9 Å². The molecule has 0 atom stereocenters. The maximum atomic E-state index is 14.0. The maximum absolute atomic E-state index is 14.0. The van der Waals surface area contributed by atoms with Crippen LogP contribution in [0.5, 0.6) is 5.75 Å². The van der Waals surface area contributed by atoms with Gasteiger partial charge in [0.15, 0.2) is 5.13 Å². The van der Waals surface area contributed by atoms with E-state index in [1.54, 1.807) is 24.6 Å². The van der Waals surface area contributed by atoms with Crippen LogP contribution in [0.25, 0.3) is 0 Å². The zero-order chi connectivity index (χ0) is 20.9. The summed E-state index contributed by atoms with van der Waals surface area (Å²) in [6, 6.07) is 14.4. The predicted octanol–water partition coefficient (Wildman–Crippen LogP) is 3.55. The van der Waals surface area contributed by atoms with Gasteiger partial charge in [0.2, 0.25) is 0 Å². The third-order valence-corrected chi connectivity index (χ3v) is 6.00. The number of rotatable bonds is 6. The van der Waals surface area contributed by atoms with E-state index in [0.717, 1.165) is 29.5 Å². The first kappa shape index (κ1) is 20.2. The van der Waals surface area contributed by atoms with Crippen LogP contribution in [0.1, 0.15) is 16.1 Å². The Kier molecular flexibility index (Phi) is 6.13. The Morgan fingerprint density at radius 3 is 2.57 bits per heavy atom. The van der Waals surface area contributed by atoms with Crippen molar-refractivity contribution in [2.45, 2.75) is 6.54 Å². The van der Waals surface area contributed by atoms with Crippen LogP contribution in [0.4, 0.5) is 15.2 Å². The molecule has 0 aliphatic carbocycles. The molecule has 1 aliphatic rings. The van der Waals surface area contributed by atoms with Gasteiger partial charge in [-0.3, -0.25) is 4.79 Å². The number of carbonyl (C=O) groups excluding carboxylic acids is 1. The second kappa shape index (κ2) is 9.13. The van der Waals surface area contributed by atoms with E-state index in [1.165, 1.54) is 17.4 Å². The van der Waals surface area contributed by atoms with Crippen molar-refractivity contribution in [1.29, 1.82) is 0 Å². The fraction of sp³-hybridized carbons (Fsp3) is 0.273. The van der Waals surface area contributed by atoms with Gasteiger partial charge in [-0.1, -0.05) is 30.3 Å². The van der Waals surface area contributed by atoms with Crippen LogP contribution in [0.3, 0.4) is 0 Å². The summed E-state index contributed by atoms with van der Waals surface area (Å²) in [4.78, 5) is 21.2. The monoisotopic (exact) mass is 426 g/mol. The summed E-state index contributed by atoms with van der Waals surface area (Å²) in [5.74, 6) is 0.326. The van der Waals surface area contributed by atoms with Crippen molar-refractivity contribution in [1.82, 2.24) is 10.3 Å². The van der Waals surface area contributed by atoms with E-state index in [1.807, 2.05) is 35.2 Å². The molecule has 3 aromatic rings. The molecule has 2 aromatic carbocycles. The van der Waals surface area contributed by atoms with Crippen LogP contribution in [0.15, 0.2) is 53.9 Å². The van der Waals surface area contributed by atoms with Gasteiger partial charge in [-0.15, -0.1) is 11.3 Å². The Morgan fingerprint density at radius 1 is 1.10 bits per heavy atom. The third kappa shape index (κ3) is 4.38. The molecule has 0 spiro atoms. The zero-order valence-electron chi connectivity index (χ0n) is 16.7. The van der Waals surface area contributed by atoms with Crippen LogP contribution < -0.4 is 19.9 Å². The number of hydrogen-bond donors (Lipinski definition) is 1. The number of ether oxygens (including phenoxy) is 1. The number of nitrogens with one attached hydrogen (secondary N) is 1. The average molecular weight is 427 g/mol. The predicted molar refractivity (Wildman–Crippen MR) is 117 cm³/mol. The van der Waals surface area contributed by atoms with Crippen LogP contribution in [0.2, 0.25) is 0 Å². The molecule has 1 aliphatic heterocycles. The van der Waals surface area contributed by atoms with Gasteiger partial charge in [-0.25, -0.2) is 9.37 Å². The van der Waals surface area contributed by atoms with Crippen molar-refractivity contribution < 1.29 is 13.9 Å². The Balaban J connectivity index is 1.34. The molecule has 0 unspecified atom stereocenters. The van der Waals surface area contributed by atoms with Crippen molar-refractivity contribution >= 4 is 28.1 Å². The molecule has 8 heteroatoms. The highest BCUT2D eigenvalue weighted by atomic mass is 32.1. The van der Waals surface area contributed by atoms with E-state index >= 15 is 0 Å².